The summed E-state index contributed by atoms with van der Waals surface area (Å²) in [6, 6.07) is 24.6. The van der Waals surface area contributed by atoms with Gasteiger partial charge in [0.15, 0.2) is 0 Å². The molecule has 1 aliphatic heterocycles. The molecule has 5 heteroatoms. The Balaban J connectivity index is 1.73. The van der Waals surface area contributed by atoms with Crippen LogP contribution in [0.3, 0.4) is 0 Å². The summed E-state index contributed by atoms with van der Waals surface area (Å²) in [6.07, 6.45) is 0. The van der Waals surface area contributed by atoms with Gasteiger partial charge in [-0.2, -0.15) is 0 Å². The number of benzene rings is 3. The molecule has 0 saturated carbocycles. The van der Waals surface area contributed by atoms with Crippen molar-refractivity contribution in [3.05, 3.63) is 100 Å². The number of rotatable bonds is 6. The SMILES string of the molecule is COc1ccc(C2=C(SCc3ccccc3)C(=O)N(c3ccc(C)cc3)C2=O)cc1. The first-order valence-electron chi connectivity index (χ1n) is 9.59. The zero-order valence-electron chi connectivity index (χ0n) is 16.8. The number of carbonyl (C=O) groups excluding carboxylic acids is 2. The topological polar surface area (TPSA) is 46.6 Å². The second-order valence-corrected chi connectivity index (χ2v) is 7.97. The normalized spacial score (nSPS) is 13.9. The number of carbonyl (C=O) groups is 2. The first-order valence-corrected chi connectivity index (χ1v) is 10.6. The first kappa shape index (κ1) is 20.0. The average molecular weight is 416 g/mol. The minimum Gasteiger partial charge on any atom is -0.497 e. The molecule has 0 fully saturated rings. The van der Waals surface area contributed by atoms with Crippen molar-refractivity contribution in [2.45, 2.75) is 12.7 Å². The Morgan fingerprint density at radius 1 is 0.833 bits per heavy atom. The monoisotopic (exact) mass is 415 g/mol. The number of methoxy groups -OCH3 is 1. The van der Waals surface area contributed by atoms with E-state index in [1.54, 1.807) is 19.2 Å². The van der Waals surface area contributed by atoms with Crippen molar-refractivity contribution >= 4 is 34.8 Å². The molecule has 0 spiro atoms. The highest BCUT2D eigenvalue weighted by molar-refractivity contribution is 8.03. The highest BCUT2D eigenvalue weighted by Gasteiger charge is 2.40. The summed E-state index contributed by atoms with van der Waals surface area (Å²) >= 11 is 1.40. The Hall–Kier alpha value is -3.31. The largest absolute Gasteiger partial charge is 0.497 e. The van der Waals surface area contributed by atoms with Gasteiger partial charge in [0.05, 0.1) is 23.3 Å². The highest BCUT2D eigenvalue weighted by atomic mass is 32.2. The zero-order chi connectivity index (χ0) is 21.1. The molecular formula is C25H21NO3S. The third-order valence-electron chi connectivity index (χ3n) is 4.94. The van der Waals surface area contributed by atoms with Gasteiger partial charge in [0, 0.05) is 5.75 Å². The summed E-state index contributed by atoms with van der Waals surface area (Å²) in [5.74, 6) is 0.724. The summed E-state index contributed by atoms with van der Waals surface area (Å²) in [6.45, 7) is 1.97. The van der Waals surface area contributed by atoms with E-state index in [1.165, 1.54) is 16.7 Å². The molecule has 3 aromatic rings. The third-order valence-corrected chi connectivity index (χ3v) is 6.08. The van der Waals surface area contributed by atoms with E-state index in [1.807, 2.05) is 73.7 Å². The first-order chi connectivity index (χ1) is 14.6. The van der Waals surface area contributed by atoms with Gasteiger partial charge in [-0.25, -0.2) is 4.90 Å². The van der Waals surface area contributed by atoms with Gasteiger partial charge in [-0.1, -0.05) is 60.2 Å². The van der Waals surface area contributed by atoms with Gasteiger partial charge in [-0.05, 0) is 42.3 Å². The van der Waals surface area contributed by atoms with Crippen molar-refractivity contribution in [2.75, 3.05) is 12.0 Å². The summed E-state index contributed by atoms with van der Waals surface area (Å²) < 4.78 is 5.23. The van der Waals surface area contributed by atoms with E-state index in [2.05, 4.69) is 0 Å². The van der Waals surface area contributed by atoms with Gasteiger partial charge in [0.1, 0.15) is 5.75 Å². The Labute approximate surface area is 180 Å². The molecule has 0 atom stereocenters. The van der Waals surface area contributed by atoms with Crippen molar-refractivity contribution in [1.82, 2.24) is 0 Å². The Morgan fingerprint density at radius 2 is 1.50 bits per heavy atom. The van der Waals surface area contributed by atoms with Gasteiger partial charge in [0.25, 0.3) is 11.8 Å². The van der Waals surface area contributed by atoms with Crippen molar-refractivity contribution < 1.29 is 14.3 Å². The quantitative estimate of drug-likeness (QED) is 0.518. The maximum Gasteiger partial charge on any atom is 0.272 e. The molecule has 0 radical (unpaired) electrons. The summed E-state index contributed by atoms with van der Waals surface area (Å²) in [5.41, 5.74) is 3.89. The molecule has 3 aromatic carbocycles. The number of anilines is 1. The lowest BCUT2D eigenvalue weighted by atomic mass is 10.1. The van der Waals surface area contributed by atoms with Crippen LogP contribution in [0.2, 0.25) is 0 Å². The standard InChI is InChI=1S/C25H21NO3S/c1-17-8-12-20(13-9-17)26-24(27)22(19-10-14-21(29-2)15-11-19)23(25(26)28)30-16-18-6-4-3-5-7-18/h3-15H,16H2,1-2H3. The molecule has 4 rings (SSSR count). The van der Waals surface area contributed by atoms with E-state index in [4.69, 9.17) is 4.74 Å². The smallest absolute Gasteiger partial charge is 0.272 e. The van der Waals surface area contributed by atoms with Crippen LogP contribution in [-0.2, 0) is 15.3 Å². The molecule has 0 aliphatic carbocycles. The molecule has 1 heterocycles. The maximum atomic E-state index is 13.4. The number of aryl methyl sites for hydroxylation is 1. The molecule has 150 valence electrons. The van der Waals surface area contributed by atoms with Crippen molar-refractivity contribution in [3.8, 4) is 5.75 Å². The molecule has 4 nitrogen and oxygen atoms in total. The lowest BCUT2D eigenvalue weighted by molar-refractivity contribution is -0.119. The fourth-order valence-corrected chi connectivity index (χ4v) is 4.38. The Kier molecular flexibility index (Phi) is 5.72. The summed E-state index contributed by atoms with van der Waals surface area (Å²) in [5, 5.41) is 0. The molecule has 30 heavy (non-hydrogen) atoms. The fraction of sp³-hybridized carbons (Fsp3) is 0.120. The van der Waals surface area contributed by atoms with Gasteiger partial charge in [0.2, 0.25) is 0 Å². The van der Waals surface area contributed by atoms with Crippen LogP contribution in [0.4, 0.5) is 5.69 Å². The van der Waals surface area contributed by atoms with Crippen molar-refractivity contribution in [2.24, 2.45) is 0 Å². The maximum absolute atomic E-state index is 13.4. The Morgan fingerprint density at radius 3 is 2.13 bits per heavy atom. The van der Waals surface area contributed by atoms with Crippen LogP contribution >= 0.6 is 11.8 Å². The number of amides is 2. The van der Waals surface area contributed by atoms with E-state index in [0.29, 0.717) is 33.2 Å². The minimum atomic E-state index is -0.301. The minimum absolute atomic E-state index is 0.282. The van der Waals surface area contributed by atoms with Crippen molar-refractivity contribution in [3.63, 3.8) is 0 Å². The second-order valence-electron chi connectivity index (χ2n) is 6.99. The number of ether oxygens (including phenoxy) is 1. The van der Waals surface area contributed by atoms with E-state index in [-0.39, 0.29) is 11.8 Å². The molecule has 2 amide bonds. The van der Waals surface area contributed by atoms with Gasteiger partial charge < -0.3 is 4.74 Å². The van der Waals surface area contributed by atoms with Crippen LogP contribution < -0.4 is 9.64 Å². The molecule has 1 aliphatic rings. The second kappa shape index (κ2) is 8.59. The third kappa shape index (κ3) is 3.89. The number of hydrogen-bond donors (Lipinski definition) is 0. The lowest BCUT2D eigenvalue weighted by Crippen LogP contribution is -2.31. The Bertz CT molecular complexity index is 1100. The van der Waals surface area contributed by atoms with E-state index < -0.39 is 0 Å². The molecule has 0 N–H and O–H groups in total. The average Bonchev–Trinajstić information content (AvgIpc) is 3.03. The van der Waals surface area contributed by atoms with E-state index in [0.717, 1.165) is 11.1 Å². The predicted octanol–water partition coefficient (Wildman–Crippen LogP) is 5.22. The summed E-state index contributed by atoms with van der Waals surface area (Å²) in [4.78, 5) is 28.4. The molecule has 0 saturated heterocycles. The van der Waals surface area contributed by atoms with Crippen LogP contribution in [0.25, 0.3) is 5.57 Å². The molecular weight excluding hydrogens is 394 g/mol. The predicted molar refractivity (Wildman–Crippen MR) is 121 cm³/mol. The molecule has 0 bridgehead atoms. The fourth-order valence-electron chi connectivity index (χ4n) is 3.31. The van der Waals surface area contributed by atoms with E-state index >= 15 is 0 Å². The van der Waals surface area contributed by atoms with Crippen LogP contribution in [0.15, 0.2) is 83.8 Å². The number of hydrogen-bond acceptors (Lipinski definition) is 4. The van der Waals surface area contributed by atoms with Crippen LogP contribution in [0.5, 0.6) is 5.75 Å². The highest BCUT2D eigenvalue weighted by Crippen LogP contribution is 2.39. The van der Waals surface area contributed by atoms with Crippen LogP contribution in [-0.4, -0.2) is 18.9 Å². The van der Waals surface area contributed by atoms with Gasteiger partial charge in [-0.15, -0.1) is 11.8 Å². The van der Waals surface area contributed by atoms with Crippen LogP contribution in [0, 0.1) is 6.92 Å². The summed E-state index contributed by atoms with van der Waals surface area (Å²) in [7, 11) is 1.60. The molecule has 0 aromatic heterocycles. The van der Waals surface area contributed by atoms with Crippen molar-refractivity contribution in [1.29, 1.82) is 0 Å². The zero-order valence-corrected chi connectivity index (χ0v) is 17.6. The number of thioether (sulfide) groups is 1. The number of imide groups is 1. The lowest BCUT2D eigenvalue weighted by Gasteiger charge is -2.15. The molecule has 0 unspecified atom stereocenters. The van der Waals surface area contributed by atoms with E-state index in [9.17, 15) is 9.59 Å². The number of nitrogens with zero attached hydrogens (tertiary/aromatic N) is 1. The van der Waals surface area contributed by atoms with Gasteiger partial charge >= 0.3 is 0 Å². The van der Waals surface area contributed by atoms with Gasteiger partial charge in [-0.3, -0.25) is 9.59 Å². The van der Waals surface area contributed by atoms with Crippen LogP contribution in [0.1, 0.15) is 16.7 Å².